The molecule has 116 valence electrons. The second kappa shape index (κ2) is 8.29. The van der Waals surface area contributed by atoms with E-state index in [1.54, 1.807) is 6.33 Å². The van der Waals surface area contributed by atoms with Crippen LogP contribution in [0.4, 0.5) is 0 Å². The maximum Gasteiger partial charge on any atom is 0.138 e. The zero-order valence-corrected chi connectivity index (χ0v) is 14.1. The van der Waals surface area contributed by atoms with E-state index in [1.807, 2.05) is 11.3 Å². The number of thiophene rings is 1. The van der Waals surface area contributed by atoms with Gasteiger partial charge in [-0.3, -0.25) is 0 Å². The van der Waals surface area contributed by atoms with Crippen molar-refractivity contribution in [1.29, 1.82) is 0 Å². The van der Waals surface area contributed by atoms with Crippen molar-refractivity contribution in [1.82, 2.24) is 20.1 Å². The first-order chi connectivity index (χ1) is 10.2. The molecule has 0 aliphatic rings. The first kappa shape index (κ1) is 16.2. The molecular weight excluding hydrogens is 280 g/mol. The summed E-state index contributed by atoms with van der Waals surface area (Å²) < 4.78 is 2.06. The van der Waals surface area contributed by atoms with Crippen molar-refractivity contribution < 1.29 is 0 Å². The molecule has 2 heterocycles. The molecule has 0 saturated carbocycles. The molecule has 0 fully saturated rings. The predicted molar refractivity (Wildman–Crippen MR) is 88.7 cm³/mol. The zero-order valence-electron chi connectivity index (χ0n) is 13.2. The van der Waals surface area contributed by atoms with Gasteiger partial charge in [0.2, 0.25) is 0 Å². The lowest BCUT2D eigenvalue weighted by Gasteiger charge is -2.18. The molecule has 1 unspecified atom stereocenters. The van der Waals surface area contributed by atoms with E-state index in [9.17, 15) is 0 Å². The molecule has 4 nitrogen and oxygen atoms in total. The first-order valence-electron chi connectivity index (χ1n) is 7.81. The van der Waals surface area contributed by atoms with Crippen molar-refractivity contribution in [3.63, 3.8) is 0 Å². The van der Waals surface area contributed by atoms with Crippen LogP contribution in [0.25, 0.3) is 0 Å². The van der Waals surface area contributed by atoms with Gasteiger partial charge in [-0.2, -0.15) is 5.10 Å². The third kappa shape index (κ3) is 5.25. The standard InChI is InChI=1S/C16H26N4S/c1-4-7-17-14(9-15-6-5-8-21-15)10-16-18-12-19-20(16)11-13(2)3/h5-6,8,12-14,17H,4,7,9-11H2,1-3H3. The van der Waals surface area contributed by atoms with Gasteiger partial charge in [-0.25, -0.2) is 9.67 Å². The maximum atomic E-state index is 4.46. The van der Waals surface area contributed by atoms with Gasteiger partial charge in [-0.15, -0.1) is 11.3 Å². The van der Waals surface area contributed by atoms with Crippen molar-refractivity contribution in [2.75, 3.05) is 6.54 Å². The molecule has 0 aliphatic carbocycles. The number of hydrogen-bond acceptors (Lipinski definition) is 4. The monoisotopic (exact) mass is 306 g/mol. The molecule has 0 bridgehead atoms. The summed E-state index contributed by atoms with van der Waals surface area (Å²) in [5, 5.41) is 10.2. The summed E-state index contributed by atoms with van der Waals surface area (Å²) in [7, 11) is 0. The summed E-state index contributed by atoms with van der Waals surface area (Å²) in [5.41, 5.74) is 0. The minimum Gasteiger partial charge on any atom is -0.313 e. The van der Waals surface area contributed by atoms with Crippen molar-refractivity contribution in [2.24, 2.45) is 5.92 Å². The van der Waals surface area contributed by atoms with E-state index >= 15 is 0 Å². The second-order valence-corrected chi connectivity index (χ2v) is 6.92. The van der Waals surface area contributed by atoms with Crippen molar-refractivity contribution in [2.45, 2.75) is 52.6 Å². The van der Waals surface area contributed by atoms with Crippen LogP contribution in [0.15, 0.2) is 23.8 Å². The van der Waals surface area contributed by atoms with Crippen LogP contribution in [0.2, 0.25) is 0 Å². The Morgan fingerprint density at radius 1 is 1.33 bits per heavy atom. The lowest BCUT2D eigenvalue weighted by atomic mass is 10.1. The van der Waals surface area contributed by atoms with Crippen LogP contribution < -0.4 is 5.32 Å². The molecule has 0 aliphatic heterocycles. The third-order valence-electron chi connectivity index (χ3n) is 3.37. The Bertz CT molecular complexity index is 504. The van der Waals surface area contributed by atoms with Gasteiger partial charge in [0, 0.05) is 23.9 Å². The molecule has 0 amide bonds. The Morgan fingerprint density at radius 3 is 2.86 bits per heavy atom. The fraction of sp³-hybridized carbons (Fsp3) is 0.625. The fourth-order valence-electron chi connectivity index (χ4n) is 2.40. The molecule has 0 aromatic carbocycles. The van der Waals surface area contributed by atoms with Gasteiger partial charge in [0.15, 0.2) is 0 Å². The molecule has 2 aromatic rings. The maximum absolute atomic E-state index is 4.46. The van der Waals surface area contributed by atoms with Gasteiger partial charge in [0.25, 0.3) is 0 Å². The Morgan fingerprint density at radius 2 is 2.19 bits per heavy atom. The van der Waals surface area contributed by atoms with Crippen LogP contribution in [0.1, 0.15) is 37.9 Å². The minimum absolute atomic E-state index is 0.429. The SMILES string of the molecule is CCCNC(Cc1cccs1)Cc1ncnn1CC(C)C. The van der Waals surface area contributed by atoms with Crippen molar-refractivity contribution in [3.8, 4) is 0 Å². The minimum atomic E-state index is 0.429. The van der Waals surface area contributed by atoms with E-state index in [4.69, 9.17) is 0 Å². The quantitative estimate of drug-likeness (QED) is 0.774. The molecule has 5 heteroatoms. The van der Waals surface area contributed by atoms with Gasteiger partial charge in [-0.05, 0) is 36.8 Å². The summed E-state index contributed by atoms with van der Waals surface area (Å²) >= 11 is 1.83. The summed E-state index contributed by atoms with van der Waals surface area (Å²) in [4.78, 5) is 5.89. The lowest BCUT2D eigenvalue weighted by Crippen LogP contribution is -2.34. The summed E-state index contributed by atoms with van der Waals surface area (Å²) in [5.74, 6) is 1.68. The van der Waals surface area contributed by atoms with Crippen LogP contribution in [-0.2, 0) is 19.4 Å². The average Bonchev–Trinajstić information content (AvgIpc) is 3.08. The van der Waals surface area contributed by atoms with Crippen LogP contribution in [0.5, 0.6) is 0 Å². The Balaban J connectivity index is 2.02. The smallest absolute Gasteiger partial charge is 0.138 e. The van der Waals surface area contributed by atoms with Gasteiger partial charge in [0.1, 0.15) is 12.2 Å². The number of aromatic nitrogens is 3. The van der Waals surface area contributed by atoms with E-state index < -0.39 is 0 Å². The topological polar surface area (TPSA) is 42.7 Å². The highest BCUT2D eigenvalue weighted by atomic mass is 32.1. The van der Waals surface area contributed by atoms with E-state index in [2.05, 4.69) is 58.4 Å². The van der Waals surface area contributed by atoms with Gasteiger partial charge >= 0.3 is 0 Å². The van der Waals surface area contributed by atoms with Crippen LogP contribution in [0, 0.1) is 5.92 Å². The Kier molecular flexibility index (Phi) is 6.39. The molecule has 1 N–H and O–H groups in total. The third-order valence-corrected chi connectivity index (χ3v) is 4.27. The number of hydrogen-bond donors (Lipinski definition) is 1. The highest BCUT2D eigenvalue weighted by molar-refractivity contribution is 7.09. The number of nitrogens with one attached hydrogen (secondary N) is 1. The molecule has 0 radical (unpaired) electrons. The number of nitrogens with zero attached hydrogens (tertiary/aromatic N) is 3. The van der Waals surface area contributed by atoms with Crippen LogP contribution >= 0.6 is 11.3 Å². The van der Waals surface area contributed by atoms with E-state index in [0.29, 0.717) is 12.0 Å². The summed E-state index contributed by atoms with van der Waals surface area (Å²) in [6.07, 6.45) is 4.83. The Hall–Kier alpha value is -1.20. The highest BCUT2D eigenvalue weighted by Gasteiger charge is 2.15. The molecule has 0 saturated heterocycles. The van der Waals surface area contributed by atoms with Gasteiger partial charge in [0.05, 0.1) is 0 Å². The largest absolute Gasteiger partial charge is 0.313 e. The first-order valence-corrected chi connectivity index (χ1v) is 8.69. The van der Waals surface area contributed by atoms with Gasteiger partial charge < -0.3 is 5.32 Å². The zero-order chi connectivity index (χ0) is 15.1. The fourth-order valence-corrected chi connectivity index (χ4v) is 3.19. The predicted octanol–water partition coefficient (Wildman–Crippen LogP) is 3.15. The van der Waals surface area contributed by atoms with Crippen LogP contribution in [-0.4, -0.2) is 27.4 Å². The van der Waals surface area contributed by atoms with E-state index in [0.717, 1.165) is 38.2 Å². The average molecular weight is 306 g/mol. The van der Waals surface area contributed by atoms with Crippen molar-refractivity contribution in [3.05, 3.63) is 34.5 Å². The summed E-state index contributed by atoms with van der Waals surface area (Å²) in [6.45, 7) is 8.62. The highest BCUT2D eigenvalue weighted by Crippen LogP contribution is 2.14. The van der Waals surface area contributed by atoms with Gasteiger partial charge in [-0.1, -0.05) is 26.8 Å². The molecule has 21 heavy (non-hydrogen) atoms. The number of rotatable bonds is 9. The molecule has 2 aromatic heterocycles. The lowest BCUT2D eigenvalue weighted by molar-refractivity contribution is 0.438. The molecule has 1 atom stereocenters. The van der Waals surface area contributed by atoms with Crippen molar-refractivity contribution >= 4 is 11.3 Å². The second-order valence-electron chi connectivity index (χ2n) is 5.89. The van der Waals surface area contributed by atoms with E-state index in [-0.39, 0.29) is 0 Å². The molecule has 2 rings (SSSR count). The summed E-state index contributed by atoms with van der Waals surface area (Å²) in [6, 6.07) is 4.76. The molecule has 0 spiro atoms. The van der Waals surface area contributed by atoms with Crippen LogP contribution in [0.3, 0.4) is 0 Å². The normalized spacial score (nSPS) is 13.0. The van der Waals surface area contributed by atoms with E-state index in [1.165, 1.54) is 4.88 Å². The Labute approximate surface area is 131 Å². The molecular formula is C16H26N4S.